The second-order valence-electron chi connectivity index (χ2n) is 3.98. The zero-order valence-electron chi connectivity index (χ0n) is 10.1. The van der Waals surface area contributed by atoms with Crippen LogP contribution in [0.5, 0.6) is 0 Å². The minimum atomic E-state index is 0.238. The van der Waals surface area contributed by atoms with Gasteiger partial charge >= 0.3 is 0 Å². The zero-order chi connectivity index (χ0) is 11.6. The molecule has 3 nitrogen and oxygen atoms in total. The van der Waals surface area contributed by atoms with Crippen LogP contribution < -0.4 is 5.73 Å². The van der Waals surface area contributed by atoms with Gasteiger partial charge in [-0.1, -0.05) is 13.3 Å². The molecule has 1 unspecified atom stereocenters. The molecule has 0 saturated carbocycles. The number of nitrogens with two attached hydrogens (primary N) is 1. The van der Waals surface area contributed by atoms with Crippen LogP contribution in [0.3, 0.4) is 0 Å². The molecule has 0 saturated heterocycles. The summed E-state index contributed by atoms with van der Waals surface area (Å²) < 4.78 is 5.71. The Labute approximate surface area is 98.0 Å². The van der Waals surface area contributed by atoms with Gasteiger partial charge in [-0.25, -0.2) is 0 Å². The Morgan fingerprint density at radius 3 is 2.75 bits per heavy atom. The van der Waals surface area contributed by atoms with Crippen molar-refractivity contribution < 1.29 is 4.74 Å². The second-order valence-corrected chi connectivity index (χ2v) is 3.98. The maximum Gasteiger partial charge on any atom is 0.0697 e. The average molecular weight is 222 g/mol. The minimum absolute atomic E-state index is 0.238. The van der Waals surface area contributed by atoms with Crippen molar-refractivity contribution in [2.75, 3.05) is 13.2 Å². The third-order valence-corrected chi connectivity index (χ3v) is 2.59. The minimum Gasteiger partial charge on any atom is -0.377 e. The van der Waals surface area contributed by atoms with Crippen LogP contribution in [0, 0.1) is 0 Å². The first-order valence-corrected chi connectivity index (χ1v) is 6.07. The normalized spacial score (nSPS) is 12.6. The van der Waals surface area contributed by atoms with Crippen molar-refractivity contribution in [3.63, 3.8) is 0 Å². The smallest absolute Gasteiger partial charge is 0.0697 e. The molecule has 90 valence electrons. The molecule has 0 aliphatic rings. The molecule has 0 aromatic carbocycles. The SMILES string of the molecule is CCCC(CN)OCCCc1ccncc1. The highest BCUT2D eigenvalue weighted by Gasteiger charge is 2.04. The predicted molar refractivity (Wildman–Crippen MR) is 66.3 cm³/mol. The third-order valence-electron chi connectivity index (χ3n) is 2.59. The lowest BCUT2D eigenvalue weighted by Crippen LogP contribution is -2.24. The van der Waals surface area contributed by atoms with Crippen LogP contribution in [-0.4, -0.2) is 24.2 Å². The summed E-state index contributed by atoms with van der Waals surface area (Å²) in [5.74, 6) is 0. The quantitative estimate of drug-likeness (QED) is 0.686. The Morgan fingerprint density at radius 1 is 1.38 bits per heavy atom. The van der Waals surface area contributed by atoms with Crippen molar-refractivity contribution in [1.29, 1.82) is 0 Å². The molecule has 0 aliphatic heterocycles. The third kappa shape index (κ3) is 5.24. The molecule has 0 amide bonds. The van der Waals surface area contributed by atoms with Crippen LogP contribution in [0.4, 0.5) is 0 Å². The summed E-state index contributed by atoms with van der Waals surface area (Å²) in [5, 5.41) is 0. The molecule has 2 N–H and O–H groups in total. The van der Waals surface area contributed by atoms with Crippen LogP contribution in [0.15, 0.2) is 24.5 Å². The Hall–Kier alpha value is -0.930. The van der Waals surface area contributed by atoms with E-state index in [0.717, 1.165) is 32.3 Å². The second kappa shape index (κ2) is 8.25. The van der Waals surface area contributed by atoms with Gasteiger partial charge in [-0.15, -0.1) is 0 Å². The van der Waals surface area contributed by atoms with Crippen molar-refractivity contribution in [3.05, 3.63) is 30.1 Å². The molecule has 0 spiro atoms. The van der Waals surface area contributed by atoms with E-state index in [1.165, 1.54) is 5.56 Å². The molecule has 0 aliphatic carbocycles. The summed E-state index contributed by atoms with van der Waals surface area (Å²) in [6.45, 7) is 3.58. The van der Waals surface area contributed by atoms with E-state index in [2.05, 4.69) is 11.9 Å². The van der Waals surface area contributed by atoms with Crippen molar-refractivity contribution in [2.24, 2.45) is 5.73 Å². The lowest BCUT2D eigenvalue weighted by Gasteiger charge is -2.14. The van der Waals surface area contributed by atoms with Crippen LogP contribution in [0.25, 0.3) is 0 Å². The van der Waals surface area contributed by atoms with Gasteiger partial charge in [0.15, 0.2) is 0 Å². The number of hydrogen-bond donors (Lipinski definition) is 1. The van der Waals surface area contributed by atoms with E-state index in [0.29, 0.717) is 6.54 Å². The molecule has 1 atom stereocenters. The fourth-order valence-corrected chi connectivity index (χ4v) is 1.67. The van der Waals surface area contributed by atoms with Gasteiger partial charge < -0.3 is 10.5 Å². The van der Waals surface area contributed by atoms with Gasteiger partial charge in [0.05, 0.1) is 6.10 Å². The molecule has 0 radical (unpaired) electrons. The zero-order valence-corrected chi connectivity index (χ0v) is 10.1. The van der Waals surface area contributed by atoms with Crippen molar-refractivity contribution in [3.8, 4) is 0 Å². The van der Waals surface area contributed by atoms with E-state index in [-0.39, 0.29) is 6.10 Å². The summed E-state index contributed by atoms with van der Waals surface area (Å²) >= 11 is 0. The number of pyridine rings is 1. The van der Waals surface area contributed by atoms with Crippen molar-refractivity contribution in [1.82, 2.24) is 4.98 Å². The summed E-state index contributed by atoms with van der Waals surface area (Å²) in [4.78, 5) is 3.99. The molecule has 0 fully saturated rings. The Balaban J connectivity index is 2.11. The summed E-state index contributed by atoms with van der Waals surface area (Å²) in [5.41, 5.74) is 6.94. The highest BCUT2D eigenvalue weighted by molar-refractivity contribution is 5.09. The number of ether oxygens (including phenoxy) is 1. The van der Waals surface area contributed by atoms with E-state index in [9.17, 15) is 0 Å². The van der Waals surface area contributed by atoms with Crippen LogP contribution in [-0.2, 0) is 11.2 Å². The van der Waals surface area contributed by atoms with Gasteiger partial charge in [0.25, 0.3) is 0 Å². The first kappa shape index (κ1) is 13.1. The first-order valence-electron chi connectivity index (χ1n) is 6.07. The van der Waals surface area contributed by atoms with E-state index in [4.69, 9.17) is 10.5 Å². The number of rotatable bonds is 8. The monoisotopic (exact) mass is 222 g/mol. The molecule has 1 heterocycles. The fraction of sp³-hybridized carbons (Fsp3) is 0.615. The van der Waals surface area contributed by atoms with Crippen LogP contribution in [0.1, 0.15) is 31.7 Å². The largest absolute Gasteiger partial charge is 0.377 e. The van der Waals surface area contributed by atoms with Crippen molar-refractivity contribution in [2.45, 2.75) is 38.7 Å². The van der Waals surface area contributed by atoms with Crippen molar-refractivity contribution >= 4 is 0 Å². The van der Waals surface area contributed by atoms with Gasteiger partial charge in [-0.2, -0.15) is 0 Å². The van der Waals surface area contributed by atoms with Gasteiger partial charge in [-0.3, -0.25) is 4.98 Å². The van der Waals surface area contributed by atoms with E-state index in [1.54, 1.807) is 0 Å². The number of aryl methyl sites for hydroxylation is 1. The lowest BCUT2D eigenvalue weighted by atomic mass is 10.1. The fourth-order valence-electron chi connectivity index (χ4n) is 1.67. The van der Waals surface area contributed by atoms with E-state index >= 15 is 0 Å². The first-order chi connectivity index (χ1) is 7.86. The van der Waals surface area contributed by atoms with E-state index < -0.39 is 0 Å². The summed E-state index contributed by atoms with van der Waals surface area (Å²) in [7, 11) is 0. The van der Waals surface area contributed by atoms with Gasteiger partial charge in [0.1, 0.15) is 0 Å². The lowest BCUT2D eigenvalue weighted by molar-refractivity contribution is 0.0515. The molecule has 1 rings (SSSR count). The molecule has 1 aromatic heterocycles. The van der Waals surface area contributed by atoms with Crippen LogP contribution >= 0.6 is 0 Å². The number of aromatic nitrogens is 1. The predicted octanol–water partition coefficient (Wildman–Crippen LogP) is 2.16. The Morgan fingerprint density at radius 2 is 2.12 bits per heavy atom. The maximum absolute atomic E-state index is 5.71. The van der Waals surface area contributed by atoms with Gasteiger partial charge in [0.2, 0.25) is 0 Å². The molecule has 16 heavy (non-hydrogen) atoms. The average Bonchev–Trinajstić information content (AvgIpc) is 2.34. The number of nitrogens with zero attached hydrogens (tertiary/aromatic N) is 1. The molecule has 1 aromatic rings. The maximum atomic E-state index is 5.71. The van der Waals surface area contributed by atoms with Gasteiger partial charge in [-0.05, 0) is 37.0 Å². The van der Waals surface area contributed by atoms with E-state index in [1.807, 2.05) is 24.5 Å². The number of hydrogen-bond acceptors (Lipinski definition) is 3. The summed E-state index contributed by atoms with van der Waals surface area (Å²) in [6.07, 6.45) is 8.18. The molecule has 3 heteroatoms. The topological polar surface area (TPSA) is 48.1 Å². The standard InChI is InChI=1S/C13H22N2O/c1-2-4-13(11-14)16-10-3-5-12-6-8-15-9-7-12/h6-9,13H,2-5,10-11,14H2,1H3. The highest BCUT2D eigenvalue weighted by atomic mass is 16.5. The Kier molecular flexibility index (Phi) is 6.77. The van der Waals surface area contributed by atoms with Gasteiger partial charge in [0, 0.05) is 25.5 Å². The molecular formula is C13H22N2O. The molecular weight excluding hydrogens is 200 g/mol. The Bertz CT molecular complexity index is 264. The molecule has 0 bridgehead atoms. The van der Waals surface area contributed by atoms with Crippen LogP contribution in [0.2, 0.25) is 0 Å². The highest BCUT2D eigenvalue weighted by Crippen LogP contribution is 2.04. The summed E-state index contributed by atoms with van der Waals surface area (Å²) in [6, 6.07) is 4.10.